The molecule has 1 aromatic carbocycles. The van der Waals surface area contributed by atoms with Crippen LogP contribution in [0.25, 0.3) is 0 Å². The van der Waals surface area contributed by atoms with Crippen LogP contribution in [-0.4, -0.2) is 13.2 Å². The van der Waals surface area contributed by atoms with E-state index in [-0.39, 0.29) is 0 Å². The maximum Gasteiger partial charge on any atom is 0.183 e. The highest BCUT2D eigenvalue weighted by molar-refractivity contribution is 5.19. The van der Waals surface area contributed by atoms with Crippen LogP contribution in [0, 0.1) is 17.6 Å². The highest BCUT2D eigenvalue weighted by atomic mass is 19.2. The fourth-order valence-corrected chi connectivity index (χ4v) is 1.91. The van der Waals surface area contributed by atoms with Crippen molar-refractivity contribution in [3.05, 3.63) is 48.1 Å². The Kier molecular flexibility index (Phi) is 4.44. The monoisotopic (exact) mass is 254 g/mol. The predicted molar refractivity (Wildman–Crippen MR) is 63.9 cm³/mol. The van der Waals surface area contributed by atoms with Crippen molar-refractivity contribution < 1.29 is 18.3 Å². The van der Waals surface area contributed by atoms with Crippen LogP contribution in [0.1, 0.15) is 24.7 Å². The van der Waals surface area contributed by atoms with E-state index in [4.69, 9.17) is 9.47 Å². The molecule has 0 N–H and O–H groups in total. The Hall–Kier alpha value is -1.26. The zero-order chi connectivity index (χ0) is 13.0. The molecule has 1 fully saturated rings. The van der Waals surface area contributed by atoms with E-state index in [0.29, 0.717) is 24.7 Å². The standard InChI is InChI=1S/C14H16F2O2/c1-2-3-4-10-8-17-14(18-9-10)11-5-6-12(15)13(16)7-11/h2,5-7,10,14H,1,3-4,8-9H2/t10-,14-. The lowest BCUT2D eigenvalue weighted by molar-refractivity contribution is -0.205. The van der Waals surface area contributed by atoms with Gasteiger partial charge < -0.3 is 9.47 Å². The molecule has 4 heteroatoms. The van der Waals surface area contributed by atoms with Gasteiger partial charge in [-0.15, -0.1) is 6.58 Å². The number of hydrogen-bond donors (Lipinski definition) is 0. The molecule has 98 valence electrons. The van der Waals surface area contributed by atoms with Gasteiger partial charge >= 0.3 is 0 Å². The van der Waals surface area contributed by atoms with E-state index < -0.39 is 17.9 Å². The first-order chi connectivity index (χ1) is 8.70. The smallest absolute Gasteiger partial charge is 0.183 e. The molecule has 1 aliphatic heterocycles. The SMILES string of the molecule is C=CCC[C@H]1CO[C@H](c2ccc(F)c(F)c2)OC1. The number of hydrogen-bond acceptors (Lipinski definition) is 2. The molecule has 0 aromatic heterocycles. The van der Waals surface area contributed by atoms with Crippen LogP contribution in [0.3, 0.4) is 0 Å². The van der Waals surface area contributed by atoms with E-state index in [9.17, 15) is 8.78 Å². The first kappa shape index (κ1) is 13.2. The lowest BCUT2D eigenvalue weighted by Crippen LogP contribution is -2.27. The van der Waals surface area contributed by atoms with Crippen molar-refractivity contribution in [2.24, 2.45) is 5.92 Å². The summed E-state index contributed by atoms with van der Waals surface area (Å²) in [6.07, 6.45) is 3.16. The molecule has 1 heterocycles. The topological polar surface area (TPSA) is 18.5 Å². The van der Waals surface area contributed by atoms with Gasteiger partial charge in [0, 0.05) is 11.5 Å². The summed E-state index contributed by atoms with van der Waals surface area (Å²) in [7, 11) is 0. The third-order valence-corrected chi connectivity index (χ3v) is 2.96. The number of benzene rings is 1. The van der Waals surface area contributed by atoms with Crippen LogP contribution in [-0.2, 0) is 9.47 Å². The number of ether oxygens (including phenoxy) is 2. The van der Waals surface area contributed by atoms with Crippen molar-refractivity contribution in [2.45, 2.75) is 19.1 Å². The summed E-state index contributed by atoms with van der Waals surface area (Å²) in [5, 5.41) is 0. The van der Waals surface area contributed by atoms with Crippen LogP contribution in [0.4, 0.5) is 8.78 Å². The van der Waals surface area contributed by atoms with Crippen molar-refractivity contribution >= 4 is 0 Å². The minimum absolute atomic E-state index is 0.338. The molecule has 0 aliphatic carbocycles. The summed E-state index contributed by atoms with van der Waals surface area (Å²) in [6, 6.07) is 3.68. The largest absolute Gasteiger partial charge is 0.348 e. The average Bonchev–Trinajstić information content (AvgIpc) is 2.40. The molecule has 1 saturated heterocycles. The second kappa shape index (κ2) is 6.07. The van der Waals surface area contributed by atoms with Gasteiger partial charge in [0.05, 0.1) is 13.2 Å². The van der Waals surface area contributed by atoms with Crippen molar-refractivity contribution in [3.63, 3.8) is 0 Å². The minimum atomic E-state index is -0.881. The van der Waals surface area contributed by atoms with Crippen LogP contribution < -0.4 is 0 Å². The van der Waals surface area contributed by atoms with Gasteiger partial charge in [-0.05, 0) is 25.0 Å². The Morgan fingerprint density at radius 2 is 1.94 bits per heavy atom. The van der Waals surface area contributed by atoms with Gasteiger partial charge in [0.2, 0.25) is 0 Å². The van der Waals surface area contributed by atoms with Gasteiger partial charge in [-0.3, -0.25) is 0 Å². The van der Waals surface area contributed by atoms with E-state index in [1.807, 2.05) is 6.08 Å². The summed E-state index contributed by atoms with van der Waals surface area (Å²) in [6.45, 7) is 4.80. The quantitative estimate of drug-likeness (QED) is 0.764. The molecule has 0 saturated carbocycles. The highest BCUT2D eigenvalue weighted by Crippen LogP contribution is 2.27. The average molecular weight is 254 g/mol. The Labute approximate surface area is 105 Å². The molecule has 2 nitrogen and oxygen atoms in total. The number of halogens is 2. The van der Waals surface area contributed by atoms with Crippen LogP contribution in [0.15, 0.2) is 30.9 Å². The Morgan fingerprint density at radius 3 is 2.56 bits per heavy atom. The van der Waals surface area contributed by atoms with Gasteiger partial charge in [-0.1, -0.05) is 12.1 Å². The second-order valence-electron chi connectivity index (χ2n) is 4.40. The zero-order valence-electron chi connectivity index (χ0n) is 10.1. The third-order valence-electron chi connectivity index (χ3n) is 2.96. The van der Waals surface area contributed by atoms with Crippen LogP contribution in [0.5, 0.6) is 0 Å². The Balaban J connectivity index is 1.92. The van der Waals surface area contributed by atoms with E-state index in [2.05, 4.69) is 6.58 Å². The van der Waals surface area contributed by atoms with Crippen molar-refractivity contribution in [2.75, 3.05) is 13.2 Å². The summed E-state index contributed by atoms with van der Waals surface area (Å²) < 4.78 is 36.9. The van der Waals surface area contributed by atoms with Gasteiger partial charge in [0.25, 0.3) is 0 Å². The molecular weight excluding hydrogens is 238 g/mol. The van der Waals surface area contributed by atoms with Gasteiger partial charge in [-0.2, -0.15) is 0 Å². The summed E-state index contributed by atoms with van der Waals surface area (Å²) >= 11 is 0. The second-order valence-corrected chi connectivity index (χ2v) is 4.40. The number of rotatable bonds is 4. The fourth-order valence-electron chi connectivity index (χ4n) is 1.91. The predicted octanol–water partition coefficient (Wildman–Crippen LogP) is 3.59. The van der Waals surface area contributed by atoms with Crippen LogP contribution >= 0.6 is 0 Å². The molecule has 0 amide bonds. The van der Waals surface area contributed by atoms with Gasteiger partial charge in [-0.25, -0.2) is 8.78 Å². The lowest BCUT2D eigenvalue weighted by Gasteiger charge is -2.29. The zero-order valence-corrected chi connectivity index (χ0v) is 10.1. The fraction of sp³-hybridized carbons (Fsp3) is 0.429. The summed E-state index contributed by atoms with van der Waals surface area (Å²) in [5.41, 5.74) is 0.510. The lowest BCUT2D eigenvalue weighted by atomic mass is 10.0. The summed E-state index contributed by atoms with van der Waals surface area (Å²) in [4.78, 5) is 0. The maximum absolute atomic E-state index is 13.1. The normalized spacial score (nSPS) is 23.9. The van der Waals surface area contributed by atoms with Gasteiger partial charge in [0.1, 0.15) is 0 Å². The maximum atomic E-state index is 13.1. The summed E-state index contributed by atoms with van der Waals surface area (Å²) in [5.74, 6) is -1.41. The molecule has 2 rings (SSSR count). The van der Waals surface area contributed by atoms with Crippen molar-refractivity contribution in [1.82, 2.24) is 0 Å². The number of allylic oxidation sites excluding steroid dienone is 1. The molecule has 0 atom stereocenters. The van der Waals surface area contributed by atoms with Crippen molar-refractivity contribution in [1.29, 1.82) is 0 Å². The van der Waals surface area contributed by atoms with Gasteiger partial charge in [0.15, 0.2) is 17.9 Å². The first-order valence-electron chi connectivity index (χ1n) is 5.99. The molecule has 18 heavy (non-hydrogen) atoms. The van der Waals surface area contributed by atoms with E-state index in [0.717, 1.165) is 25.0 Å². The van der Waals surface area contributed by atoms with Crippen LogP contribution in [0.2, 0.25) is 0 Å². The Morgan fingerprint density at radius 1 is 1.22 bits per heavy atom. The Bertz CT molecular complexity index is 412. The molecule has 0 radical (unpaired) electrons. The van der Waals surface area contributed by atoms with E-state index in [1.54, 1.807) is 0 Å². The molecule has 0 unspecified atom stereocenters. The third kappa shape index (κ3) is 3.15. The minimum Gasteiger partial charge on any atom is -0.348 e. The molecule has 1 aromatic rings. The molecule has 0 bridgehead atoms. The molecule has 1 aliphatic rings. The van der Waals surface area contributed by atoms with Crippen molar-refractivity contribution in [3.8, 4) is 0 Å². The highest BCUT2D eigenvalue weighted by Gasteiger charge is 2.23. The first-order valence-corrected chi connectivity index (χ1v) is 5.99. The molecule has 0 spiro atoms. The van der Waals surface area contributed by atoms with E-state index >= 15 is 0 Å². The molecular formula is C14H16F2O2. The van der Waals surface area contributed by atoms with E-state index in [1.165, 1.54) is 6.07 Å².